The predicted molar refractivity (Wildman–Crippen MR) is 158 cm³/mol. The molecule has 38 heavy (non-hydrogen) atoms. The Morgan fingerprint density at radius 2 is 1.95 bits per heavy atom. The third-order valence-electron chi connectivity index (χ3n) is 7.93. The summed E-state index contributed by atoms with van der Waals surface area (Å²) in [6.07, 6.45) is 11.9. The molecule has 1 saturated heterocycles. The average molecular weight is 634 g/mol. The number of likely N-dealkylation sites (tertiary alicyclic amines) is 1. The van der Waals surface area contributed by atoms with Gasteiger partial charge in [-0.15, -0.1) is 0 Å². The Kier molecular flexibility index (Phi) is 8.37. The number of piperidine rings is 1. The summed E-state index contributed by atoms with van der Waals surface area (Å²) in [4.78, 5) is 25.8. The number of amides is 1. The number of nitrogens with zero attached hydrogens (tertiary/aromatic N) is 4. The SMILES string of the molecule is Cc1cc(Nc2ncc(F)c(N[C@H](I)[C@@H](C(N)=O)[C@@H]3C=CCC3)n2)ccc1N(C1CC1)C1CCN(C)CC1. The fourth-order valence-electron chi connectivity index (χ4n) is 5.75. The maximum absolute atomic E-state index is 14.6. The Morgan fingerprint density at radius 1 is 1.21 bits per heavy atom. The van der Waals surface area contributed by atoms with Crippen LogP contribution in [0.4, 0.5) is 27.5 Å². The van der Waals surface area contributed by atoms with Crippen molar-refractivity contribution in [2.75, 3.05) is 35.7 Å². The lowest BCUT2D eigenvalue weighted by Crippen LogP contribution is -2.45. The number of rotatable bonds is 10. The van der Waals surface area contributed by atoms with Crippen LogP contribution in [-0.2, 0) is 4.79 Å². The van der Waals surface area contributed by atoms with E-state index < -0.39 is 21.7 Å². The second-order valence-corrected chi connectivity index (χ2v) is 12.2. The van der Waals surface area contributed by atoms with Gasteiger partial charge >= 0.3 is 0 Å². The molecule has 2 fully saturated rings. The molecule has 1 saturated carbocycles. The first-order chi connectivity index (χ1) is 18.3. The fraction of sp³-hybridized carbons (Fsp3) is 0.536. The Morgan fingerprint density at radius 3 is 2.58 bits per heavy atom. The number of aryl methyl sites for hydroxylation is 1. The molecule has 3 aliphatic rings. The maximum atomic E-state index is 14.6. The van der Waals surface area contributed by atoms with Crippen LogP contribution in [0.2, 0.25) is 0 Å². The summed E-state index contributed by atoms with van der Waals surface area (Å²) in [5.41, 5.74) is 9.04. The highest BCUT2D eigenvalue weighted by molar-refractivity contribution is 14.1. The van der Waals surface area contributed by atoms with Crippen molar-refractivity contribution in [3.63, 3.8) is 0 Å². The number of hydrogen-bond acceptors (Lipinski definition) is 7. The number of alkyl halides is 1. The van der Waals surface area contributed by atoms with Crippen LogP contribution in [-0.4, -0.2) is 57.0 Å². The van der Waals surface area contributed by atoms with Gasteiger partial charge in [-0.3, -0.25) is 4.79 Å². The monoisotopic (exact) mass is 633 g/mol. The highest BCUT2D eigenvalue weighted by Crippen LogP contribution is 2.38. The highest BCUT2D eigenvalue weighted by Gasteiger charge is 2.36. The third kappa shape index (κ3) is 6.22. The van der Waals surface area contributed by atoms with E-state index in [1.54, 1.807) is 0 Å². The lowest BCUT2D eigenvalue weighted by molar-refractivity contribution is -0.122. The number of nitrogens with one attached hydrogen (secondary N) is 2. The van der Waals surface area contributed by atoms with Crippen molar-refractivity contribution < 1.29 is 9.18 Å². The van der Waals surface area contributed by atoms with E-state index in [2.05, 4.69) is 85.2 Å². The van der Waals surface area contributed by atoms with Crippen LogP contribution in [0.5, 0.6) is 0 Å². The van der Waals surface area contributed by atoms with Crippen molar-refractivity contribution >= 4 is 51.6 Å². The molecule has 0 radical (unpaired) electrons. The average Bonchev–Trinajstić information content (AvgIpc) is 3.57. The summed E-state index contributed by atoms with van der Waals surface area (Å²) in [5, 5.41) is 6.29. The van der Waals surface area contributed by atoms with Crippen LogP contribution in [0.25, 0.3) is 0 Å². The smallest absolute Gasteiger partial charge is 0.229 e. The molecule has 5 rings (SSSR count). The van der Waals surface area contributed by atoms with Crippen LogP contribution >= 0.6 is 22.6 Å². The molecule has 204 valence electrons. The number of nitrogens with two attached hydrogens (primary N) is 1. The molecule has 8 nitrogen and oxygen atoms in total. The number of benzene rings is 1. The molecule has 0 bridgehead atoms. The van der Waals surface area contributed by atoms with Gasteiger partial charge in [0.25, 0.3) is 0 Å². The molecule has 10 heteroatoms. The van der Waals surface area contributed by atoms with Crippen LogP contribution in [0.15, 0.2) is 36.5 Å². The lowest BCUT2D eigenvalue weighted by Gasteiger charge is -2.40. The van der Waals surface area contributed by atoms with E-state index in [1.165, 1.54) is 36.9 Å². The molecule has 1 aromatic carbocycles. The quantitative estimate of drug-likeness (QED) is 0.147. The van der Waals surface area contributed by atoms with Crippen LogP contribution < -0.4 is 21.3 Å². The van der Waals surface area contributed by atoms with Crippen LogP contribution in [0, 0.1) is 24.6 Å². The second kappa shape index (κ2) is 11.7. The van der Waals surface area contributed by atoms with Gasteiger partial charge in [-0.1, -0.05) is 34.7 Å². The van der Waals surface area contributed by atoms with E-state index in [1.807, 2.05) is 12.1 Å². The van der Waals surface area contributed by atoms with Crippen molar-refractivity contribution in [2.24, 2.45) is 17.6 Å². The first-order valence-electron chi connectivity index (χ1n) is 13.5. The number of anilines is 4. The summed E-state index contributed by atoms with van der Waals surface area (Å²) in [6.45, 7) is 4.42. The van der Waals surface area contributed by atoms with Crippen molar-refractivity contribution in [3.05, 3.63) is 47.9 Å². The first kappa shape index (κ1) is 27.1. The zero-order chi connectivity index (χ0) is 26.8. The summed E-state index contributed by atoms with van der Waals surface area (Å²) in [7, 11) is 2.20. The van der Waals surface area contributed by atoms with Gasteiger partial charge < -0.3 is 26.2 Å². The van der Waals surface area contributed by atoms with E-state index in [0.717, 1.165) is 37.8 Å². The second-order valence-electron chi connectivity index (χ2n) is 10.8. The minimum absolute atomic E-state index is 0.0376. The van der Waals surface area contributed by atoms with E-state index in [4.69, 9.17) is 5.73 Å². The fourth-order valence-corrected chi connectivity index (χ4v) is 6.93. The molecule has 4 N–H and O–H groups in total. The van der Waals surface area contributed by atoms with Gasteiger partial charge in [0.2, 0.25) is 11.9 Å². The number of allylic oxidation sites excluding steroid dienone is 2. The van der Waals surface area contributed by atoms with Crippen LogP contribution in [0.1, 0.15) is 44.1 Å². The molecule has 1 aromatic heterocycles. The maximum Gasteiger partial charge on any atom is 0.229 e. The van der Waals surface area contributed by atoms with E-state index >= 15 is 0 Å². The molecule has 2 aromatic rings. The largest absolute Gasteiger partial charge is 0.369 e. The number of carbonyl (C=O) groups excluding carboxylic acids is 1. The molecule has 2 aliphatic carbocycles. The topological polar surface area (TPSA) is 99.4 Å². The molecule has 0 unspecified atom stereocenters. The Hall–Kier alpha value is -2.47. The molecule has 3 atom stereocenters. The lowest BCUT2D eigenvalue weighted by atomic mass is 9.91. The highest BCUT2D eigenvalue weighted by atomic mass is 127. The van der Waals surface area contributed by atoms with E-state index in [-0.39, 0.29) is 17.7 Å². The number of hydrogen-bond donors (Lipinski definition) is 3. The first-order valence-corrected chi connectivity index (χ1v) is 14.8. The van der Waals surface area contributed by atoms with Gasteiger partial charge in [0.05, 0.1) is 16.2 Å². The van der Waals surface area contributed by atoms with Gasteiger partial charge in [-0.05, 0) is 95.3 Å². The van der Waals surface area contributed by atoms with Crippen LogP contribution in [0.3, 0.4) is 0 Å². The Balaban J connectivity index is 1.29. The van der Waals surface area contributed by atoms with Gasteiger partial charge in [0, 0.05) is 23.5 Å². The summed E-state index contributed by atoms with van der Waals surface area (Å²) >= 11 is 2.11. The van der Waals surface area contributed by atoms with Crippen molar-refractivity contribution in [1.29, 1.82) is 0 Å². The molecule has 2 heterocycles. The zero-order valence-corrected chi connectivity index (χ0v) is 24.2. The summed E-state index contributed by atoms with van der Waals surface area (Å²) < 4.78 is 14.2. The molecular weight excluding hydrogens is 596 g/mol. The summed E-state index contributed by atoms with van der Waals surface area (Å²) in [6, 6.07) is 7.56. The van der Waals surface area contributed by atoms with Gasteiger partial charge in [-0.25, -0.2) is 9.37 Å². The molecular formula is C28H37FIN7O. The number of carbonyl (C=O) groups is 1. The standard InChI is InChI=1S/C28H37FIN7O/c1-17-15-19(7-10-23(17)37(20-8-9-20)21-11-13-36(2)14-12-21)33-28-32-16-22(29)27(35-28)34-25(30)24(26(31)38)18-5-3-4-6-18/h3,5,7,10,15-16,18,20-21,24-25H,4,6,8-9,11-14H2,1-2H3,(H2,31,38)(H2,32,33,34,35)/t18-,24+,25+/m1/s1. The van der Waals surface area contributed by atoms with E-state index in [9.17, 15) is 9.18 Å². The Labute approximate surface area is 237 Å². The van der Waals surface area contributed by atoms with Crippen molar-refractivity contribution in [3.8, 4) is 0 Å². The minimum atomic E-state index is -0.577. The molecule has 1 amide bonds. The van der Waals surface area contributed by atoms with Gasteiger partial charge in [0.1, 0.15) is 0 Å². The predicted octanol–water partition coefficient (Wildman–Crippen LogP) is 4.97. The van der Waals surface area contributed by atoms with Gasteiger partial charge in [-0.2, -0.15) is 4.98 Å². The van der Waals surface area contributed by atoms with E-state index in [0.29, 0.717) is 12.1 Å². The third-order valence-corrected chi connectivity index (χ3v) is 9.01. The zero-order valence-electron chi connectivity index (χ0n) is 22.0. The van der Waals surface area contributed by atoms with Crippen molar-refractivity contribution in [2.45, 2.75) is 61.6 Å². The molecule has 1 aliphatic heterocycles. The number of halogens is 2. The number of aromatic nitrogens is 2. The minimum Gasteiger partial charge on any atom is -0.369 e. The van der Waals surface area contributed by atoms with Crippen molar-refractivity contribution in [1.82, 2.24) is 14.9 Å². The molecule has 0 spiro atoms. The normalized spacial score (nSPS) is 21.7. The Bertz CT molecular complexity index is 1180. The summed E-state index contributed by atoms with van der Waals surface area (Å²) in [5.74, 6) is -1.07. The number of primary amides is 1. The van der Waals surface area contributed by atoms with Gasteiger partial charge in [0.15, 0.2) is 11.6 Å².